The molecule has 0 aliphatic carbocycles. The van der Waals surface area contributed by atoms with E-state index in [0.717, 1.165) is 22.4 Å². The summed E-state index contributed by atoms with van der Waals surface area (Å²) in [6.45, 7) is 2.36. The maximum Gasteiger partial charge on any atom is 0.253 e. The standard InChI is InChI=1S/C31H32FN5O2/c1-21(23-9-7-16-34-20-23)36-30(27-19-25(39-3)13-14-28(27)33-2)37-29-12-5-4-11-26(29)31(38)35-17-15-22-8-6-10-24(32)18-22/h4-14,16,18-21,33H,15,17H2,1-3H3,(H,35,38)(H,36,37). The molecule has 3 aromatic carbocycles. The van der Waals surface area contributed by atoms with Gasteiger partial charge in [0.2, 0.25) is 0 Å². The molecule has 0 aliphatic heterocycles. The van der Waals surface area contributed by atoms with Gasteiger partial charge >= 0.3 is 0 Å². The minimum atomic E-state index is -0.292. The number of para-hydroxylation sites is 1. The van der Waals surface area contributed by atoms with Crippen LogP contribution in [0, 0.1) is 5.82 Å². The molecular formula is C31H32FN5O2. The number of amides is 1. The van der Waals surface area contributed by atoms with Crippen molar-refractivity contribution in [1.82, 2.24) is 10.3 Å². The van der Waals surface area contributed by atoms with Crippen molar-refractivity contribution in [3.05, 3.63) is 119 Å². The van der Waals surface area contributed by atoms with E-state index in [1.165, 1.54) is 12.1 Å². The second-order valence-electron chi connectivity index (χ2n) is 8.91. The van der Waals surface area contributed by atoms with Crippen LogP contribution in [-0.4, -0.2) is 37.4 Å². The van der Waals surface area contributed by atoms with Gasteiger partial charge in [-0.2, -0.15) is 0 Å². The van der Waals surface area contributed by atoms with E-state index < -0.39 is 0 Å². The van der Waals surface area contributed by atoms with Crippen molar-refractivity contribution in [3.8, 4) is 5.75 Å². The molecule has 1 heterocycles. The zero-order chi connectivity index (χ0) is 27.6. The van der Waals surface area contributed by atoms with Gasteiger partial charge in [-0.15, -0.1) is 0 Å². The maximum atomic E-state index is 13.5. The zero-order valence-corrected chi connectivity index (χ0v) is 22.2. The van der Waals surface area contributed by atoms with Gasteiger partial charge in [0.15, 0.2) is 0 Å². The SMILES string of the molecule is CNc1ccc(OC)cc1/C(=N\C(C)c1cccnc1)Nc1ccccc1C(=O)NCCc1cccc(F)c1. The topological polar surface area (TPSA) is 87.6 Å². The van der Waals surface area contributed by atoms with Crippen molar-refractivity contribution in [3.63, 3.8) is 0 Å². The number of hydrogen-bond donors (Lipinski definition) is 3. The number of rotatable bonds is 10. The van der Waals surface area contributed by atoms with E-state index in [4.69, 9.17) is 9.73 Å². The van der Waals surface area contributed by atoms with Gasteiger partial charge in [-0.3, -0.25) is 14.8 Å². The molecule has 39 heavy (non-hydrogen) atoms. The highest BCUT2D eigenvalue weighted by molar-refractivity contribution is 6.14. The molecule has 200 valence electrons. The first-order chi connectivity index (χ1) is 19.0. The van der Waals surface area contributed by atoms with Crippen molar-refractivity contribution >= 4 is 23.1 Å². The lowest BCUT2D eigenvalue weighted by molar-refractivity contribution is 0.0955. The third kappa shape index (κ3) is 7.19. The molecular weight excluding hydrogens is 493 g/mol. The maximum absolute atomic E-state index is 13.5. The number of benzene rings is 3. The number of amidine groups is 1. The van der Waals surface area contributed by atoms with Gasteiger partial charge in [-0.25, -0.2) is 4.39 Å². The van der Waals surface area contributed by atoms with Gasteiger partial charge in [0.1, 0.15) is 17.4 Å². The smallest absolute Gasteiger partial charge is 0.253 e. The summed E-state index contributed by atoms with van der Waals surface area (Å²) in [7, 11) is 3.46. The van der Waals surface area contributed by atoms with Gasteiger partial charge in [0.25, 0.3) is 5.91 Å². The Morgan fingerprint density at radius 1 is 1.00 bits per heavy atom. The van der Waals surface area contributed by atoms with Gasteiger partial charge in [-0.05, 0) is 73.0 Å². The highest BCUT2D eigenvalue weighted by atomic mass is 19.1. The monoisotopic (exact) mass is 525 g/mol. The summed E-state index contributed by atoms with van der Waals surface area (Å²) in [4.78, 5) is 22.4. The summed E-state index contributed by atoms with van der Waals surface area (Å²) in [6, 6.07) is 23.0. The van der Waals surface area contributed by atoms with Gasteiger partial charge in [-0.1, -0.05) is 30.3 Å². The van der Waals surface area contributed by atoms with Crippen molar-refractivity contribution in [2.75, 3.05) is 31.3 Å². The predicted molar refractivity (Wildman–Crippen MR) is 154 cm³/mol. The second-order valence-corrected chi connectivity index (χ2v) is 8.91. The van der Waals surface area contributed by atoms with Crippen molar-refractivity contribution < 1.29 is 13.9 Å². The number of hydrogen-bond acceptors (Lipinski definition) is 5. The fraction of sp³-hybridized carbons (Fsp3) is 0.194. The number of ether oxygens (including phenoxy) is 1. The van der Waals surface area contributed by atoms with E-state index >= 15 is 0 Å². The van der Waals surface area contributed by atoms with Crippen molar-refractivity contribution in [2.24, 2.45) is 4.99 Å². The third-order valence-electron chi connectivity index (χ3n) is 6.25. The molecule has 1 amide bonds. The highest BCUT2D eigenvalue weighted by Crippen LogP contribution is 2.27. The molecule has 8 heteroatoms. The largest absolute Gasteiger partial charge is 0.497 e. The fourth-order valence-electron chi connectivity index (χ4n) is 4.15. The molecule has 0 spiro atoms. The summed E-state index contributed by atoms with van der Waals surface area (Å²) in [6.07, 6.45) is 4.03. The number of halogens is 1. The first-order valence-corrected chi connectivity index (χ1v) is 12.7. The molecule has 0 radical (unpaired) electrons. The summed E-state index contributed by atoms with van der Waals surface area (Å²) in [5, 5.41) is 9.57. The average Bonchev–Trinajstić information content (AvgIpc) is 2.97. The number of carbonyl (C=O) groups is 1. The molecule has 1 aromatic heterocycles. The van der Waals surface area contributed by atoms with Gasteiger partial charge < -0.3 is 20.7 Å². The average molecular weight is 526 g/mol. The molecule has 0 saturated carbocycles. The zero-order valence-electron chi connectivity index (χ0n) is 22.2. The minimum absolute atomic E-state index is 0.218. The number of methoxy groups -OCH3 is 1. The molecule has 1 atom stereocenters. The normalized spacial score (nSPS) is 11.9. The molecule has 1 unspecified atom stereocenters. The summed E-state index contributed by atoms with van der Waals surface area (Å²) < 4.78 is 19.0. The third-order valence-corrected chi connectivity index (χ3v) is 6.25. The molecule has 0 fully saturated rings. The Balaban J connectivity index is 1.64. The van der Waals surface area contributed by atoms with Gasteiger partial charge in [0, 0.05) is 37.2 Å². The number of anilines is 2. The fourth-order valence-corrected chi connectivity index (χ4v) is 4.15. The molecule has 4 rings (SSSR count). The van der Waals surface area contributed by atoms with E-state index in [-0.39, 0.29) is 17.8 Å². The summed E-state index contributed by atoms with van der Waals surface area (Å²) in [5.74, 6) is 0.707. The molecule has 3 N–H and O–H groups in total. The Labute approximate surface area is 228 Å². The lowest BCUT2D eigenvalue weighted by Crippen LogP contribution is -2.27. The Morgan fingerprint density at radius 2 is 1.85 bits per heavy atom. The Kier molecular flexibility index (Phi) is 9.24. The van der Waals surface area contributed by atoms with Crippen molar-refractivity contribution in [2.45, 2.75) is 19.4 Å². The lowest BCUT2D eigenvalue weighted by Gasteiger charge is -2.19. The van der Waals surface area contributed by atoms with Crippen LogP contribution in [0.15, 0.2) is 96.2 Å². The molecule has 0 aliphatic rings. The lowest BCUT2D eigenvalue weighted by atomic mass is 10.1. The quantitative estimate of drug-likeness (QED) is 0.178. The number of aliphatic imine (C=N–C) groups is 1. The first kappa shape index (κ1) is 27.3. The number of nitrogens with zero attached hydrogens (tertiary/aromatic N) is 2. The van der Waals surface area contributed by atoms with Crippen LogP contribution >= 0.6 is 0 Å². The van der Waals surface area contributed by atoms with Gasteiger partial charge in [0.05, 0.1) is 24.4 Å². The number of pyridine rings is 1. The first-order valence-electron chi connectivity index (χ1n) is 12.7. The van der Waals surface area contributed by atoms with Crippen LogP contribution in [0.2, 0.25) is 0 Å². The van der Waals surface area contributed by atoms with Crippen LogP contribution in [0.25, 0.3) is 0 Å². The number of carbonyl (C=O) groups excluding carboxylic acids is 1. The summed E-state index contributed by atoms with van der Waals surface area (Å²) >= 11 is 0. The summed E-state index contributed by atoms with van der Waals surface area (Å²) in [5.41, 5.74) is 4.47. The van der Waals surface area contributed by atoms with Crippen LogP contribution in [0.3, 0.4) is 0 Å². The Hall–Kier alpha value is -4.72. The predicted octanol–water partition coefficient (Wildman–Crippen LogP) is 5.86. The van der Waals surface area contributed by atoms with E-state index in [0.29, 0.717) is 35.8 Å². The molecule has 0 bridgehead atoms. The Bertz CT molecular complexity index is 1440. The minimum Gasteiger partial charge on any atom is -0.497 e. The number of aromatic nitrogens is 1. The van der Waals surface area contributed by atoms with E-state index in [1.54, 1.807) is 31.6 Å². The van der Waals surface area contributed by atoms with Crippen LogP contribution in [0.1, 0.15) is 40.0 Å². The molecule has 0 saturated heterocycles. The second kappa shape index (κ2) is 13.2. The van der Waals surface area contributed by atoms with E-state index in [9.17, 15) is 9.18 Å². The van der Waals surface area contributed by atoms with Crippen LogP contribution in [0.4, 0.5) is 15.8 Å². The van der Waals surface area contributed by atoms with Crippen molar-refractivity contribution in [1.29, 1.82) is 0 Å². The number of nitrogens with one attached hydrogen (secondary N) is 3. The van der Waals surface area contributed by atoms with E-state index in [1.807, 2.05) is 68.6 Å². The highest BCUT2D eigenvalue weighted by Gasteiger charge is 2.17. The van der Waals surface area contributed by atoms with Crippen LogP contribution in [0.5, 0.6) is 5.75 Å². The molecule has 4 aromatic rings. The van der Waals surface area contributed by atoms with Crippen LogP contribution in [-0.2, 0) is 6.42 Å². The Morgan fingerprint density at radius 3 is 2.59 bits per heavy atom. The van der Waals surface area contributed by atoms with E-state index in [2.05, 4.69) is 20.9 Å². The molecule has 7 nitrogen and oxygen atoms in total. The van der Waals surface area contributed by atoms with Crippen LogP contribution < -0.4 is 20.7 Å².